The van der Waals surface area contributed by atoms with Crippen molar-refractivity contribution >= 4 is 37.4 Å². The summed E-state index contributed by atoms with van der Waals surface area (Å²) in [4.78, 5) is 16.6. The zero-order valence-electron chi connectivity index (χ0n) is 16.7. The molecule has 0 radical (unpaired) electrons. The van der Waals surface area contributed by atoms with Gasteiger partial charge in [-0.2, -0.15) is 0 Å². The molecule has 1 heterocycles. The molecule has 3 rings (SSSR count). The van der Waals surface area contributed by atoms with Gasteiger partial charge in [-0.25, -0.2) is 13.4 Å². The highest BCUT2D eigenvalue weighted by Gasteiger charge is 2.22. The summed E-state index contributed by atoms with van der Waals surface area (Å²) in [5, 5.41) is 2.61. The number of benzene rings is 2. The molecule has 0 aliphatic carbocycles. The minimum absolute atomic E-state index is 0.278. The summed E-state index contributed by atoms with van der Waals surface area (Å²) in [6, 6.07) is 12.4. The van der Waals surface area contributed by atoms with Crippen LogP contribution < -0.4 is 10.1 Å². The van der Waals surface area contributed by atoms with Crippen molar-refractivity contribution in [3.63, 3.8) is 0 Å². The van der Waals surface area contributed by atoms with Crippen molar-refractivity contribution in [2.75, 3.05) is 18.2 Å². The molecule has 0 saturated carbocycles. The lowest BCUT2D eigenvalue weighted by molar-refractivity contribution is -0.113. The number of carbonyl (C=O) groups excluding carboxylic acids is 1. The zero-order valence-corrected chi connectivity index (χ0v) is 19.1. The van der Waals surface area contributed by atoms with E-state index in [1.807, 2.05) is 6.92 Å². The number of methoxy groups -OCH3 is 1. The fraction of sp³-hybridized carbons (Fsp3) is 0.238. The standard InChI is InChI=1S/C21H21BrN2O5S/c1-13-9-16(7-8-18(13)22)23-20(25)12-30(26,27)11-19-14(2)29-21(24-19)15-5-4-6-17(10-15)28-3/h4-10H,11-12H2,1-3H3,(H,23,25). The Morgan fingerprint density at radius 1 is 1.20 bits per heavy atom. The third kappa shape index (κ3) is 5.48. The molecule has 0 aliphatic rings. The Bertz CT molecular complexity index is 1190. The summed E-state index contributed by atoms with van der Waals surface area (Å²) in [5.41, 5.74) is 2.41. The number of nitrogens with zero attached hydrogens (tertiary/aromatic N) is 1. The van der Waals surface area contributed by atoms with Crippen LogP contribution >= 0.6 is 15.9 Å². The van der Waals surface area contributed by atoms with Crippen LogP contribution in [0, 0.1) is 13.8 Å². The minimum Gasteiger partial charge on any atom is -0.497 e. The van der Waals surface area contributed by atoms with Gasteiger partial charge >= 0.3 is 0 Å². The smallest absolute Gasteiger partial charge is 0.239 e. The highest BCUT2D eigenvalue weighted by molar-refractivity contribution is 9.10. The van der Waals surface area contributed by atoms with Gasteiger partial charge < -0.3 is 14.5 Å². The van der Waals surface area contributed by atoms with Crippen LogP contribution in [-0.2, 0) is 20.4 Å². The topological polar surface area (TPSA) is 98.5 Å². The summed E-state index contributed by atoms with van der Waals surface area (Å²) < 4.78 is 36.8. The van der Waals surface area contributed by atoms with E-state index in [1.54, 1.807) is 56.5 Å². The van der Waals surface area contributed by atoms with Crippen molar-refractivity contribution in [3.8, 4) is 17.2 Å². The first-order valence-electron chi connectivity index (χ1n) is 9.04. The van der Waals surface area contributed by atoms with Crippen molar-refractivity contribution in [1.82, 2.24) is 4.98 Å². The summed E-state index contributed by atoms with van der Waals surface area (Å²) in [6.45, 7) is 3.52. The number of ether oxygens (including phenoxy) is 1. The number of anilines is 1. The highest BCUT2D eigenvalue weighted by atomic mass is 79.9. The number of aryl methyl sites for hydroxylation is 2. The van der Waals surface area contributed by atoms with Crippen molar-refractivity contribution in [2.45, 2.75) is 19.6 Å². The summed E-state index contributed by atoms with van der Waals surface area (Å²) in [5.74, 6) is -0.322. The van der Waals surface area contributed by atoms with Crippen LogP contribution in [0.3, 0.4) is 0 Å². The highest BCUT2D eigenvalue weighted by Crippen LogP contribution is 2.26. The maximum atomic E-state index is 12.6. The van der Waals surface area contributed by atoms with E-state index in [9.17, 15) is 13.2 Å². The van der Waals surface area contributed by atoms with Crippen LogP contribution in [0.25, 0.3) is 11.5 Å². The number of oxazole rings is 1. The van der Waals surface area contributed by atoms with Gasteiger partial charge in [0.2, 0.25) is 11.8 Å². The first-order valence-corrected chi connectivity index (χ1v) is 11.7. The van der Waals surface area contributed by atoms with Crippen molar-refractivity contribution in [2.24, 2.45) is 0 Å². The summed E-state index contributed by atoms with van der Waals surface area (Å²) >= 11 is 3.38. The van der Waals surface area contributed by atoms with Crippen LogP contribution in [0.5, 0.6) is 5.75 Å². The third-order valence-electron chi connectivity index (χ3n) is 4.36. The second-order valence-corrected chi connectivity index (χ2v) is 9.72. The molecular formula is C21H21BrN2O5S. The molecule has 0 spiro atoms. The molecule has 0 aliphatic heterocycles. The number of hydrogen-bond acceptors (Lipinski definition) is 6. The van der Waals surface area contributed by atoms with Crippen LogP contribution in [0.2, 0.25) is 0 Å². The van der Waals surface area contributed by atoms with Gasteiger partial charge in [-0.05, 0) is 55.8 Å². The van der Waals surface area contributed by atoms with Gasteiger partial charge in [-0.15, -0.1) is 0 Å². The summed E-state index contributed by atoms with van der Waals surface area (Å²) in [6.07, 6.45) is 0. The van der Waals surface area contributed by atoms with E-state index in [1.165, 1.54) is 0 Å². The largest absolute Gasteiger partial charge is 0.497 e. The van der Waals surface area contributed by atoms with Gasteiger partial charge in [0.15, 0.2) is 9.84 Å². The third-order valence-corrected chi connectivity index (χ3v) is 6.66. The lowest BCUT2D eigenvalue weighted by atomic mass is 10.2. The Morgan fingerprint density at radius 2 is 1.97 bits per heavy atom. The molecule has 1 amide bonds. The molecule has 158 valence electrons. The van der Waals surface area contributed by atoms with Crippen LogP contribution in [0.4, 0.5) is 5.69 Å². The van der Waals surface area contributed by atoms with E-state index in [2.05, 4.69) is 26.2 Å². The number of sulfone groups is 1. The van der Waals surface area contributed by atoms with E-state index >= 15 is 0 Å². The van der Waals surface area contributed by atoms with Crippen molar-refractivity contribution in [1.29, 1.82) is 0 Å². The number of amides is 1. The predicted octanol–water partition coefficient (Wildman–Crippen LogP) is 4.28. The first kappa shape index (κ1) is 22.0. The molecule has 0 unspecified atom stereocenters. The molecule has 0 bridgehead atoms. The Labute approximate surface area is 183 Å². The Morgan fingerprint density at radius 3 is 2.67 bits per heavy atom. The average molecular weight is 493 g/mol. The number of rotatable bonds is 7. The maximum absolute atomic E-state index is 12.6. The van der Waals surface area contributed by atoms with Crippen molar-refractivity contribution in [3.05, 3.63) is 64.0 Å². The van der Waals surface area contributed by atoms with Gasteiger partial charge in [-0.1, -0.05) is 22.0 Å². The van der Waals surface area contributed by atoms with Gasteiger partial charge in [0.1, 0.15) is 17.3 Å². The van der Waals surface area contributed by atoms with Gasteiger partial charge in [0.25, 0.3) is 0 Å². The maximum Gasteiger partial charge on any atom is 0.239 e. The van der Waals surface area contributed by atoms with Crippen LogP contribution in [0.1, 0.15) is 17.0 Å². The molecule has 7 nitrogen and oxygen atoms in total. The molecule has 1 N–H and O–H groups in total. The number of hydrogen-bond donors (Lipinski definition) is 1. The molecule has 2 aromatic carbocycles. The van der Waals surface area contributed by atoms with E-state index < -0.39 is 21.5 Å². The normalized spacial score (nSPS) is 11.3. The van der Waals surface area contributed by atoms with Crippen LogP contribution in [-0.4, -0.2) is 32.2 Å². The SMILES string of the molecule is COc1cccc(-c2nc(CS(=O)(=O)CC(=O)Nc3ccc(Br)c(C)c3)c(C)o2)c1. The second kappa shape index (κ2) is 9.01. The number of nitrogens with one attached hydrogen (secondary N) is 1. The summed E-state index contributed by atoms with van der Waals surface area (Å²) in [7, 11) is -2.19. The van der Waals surface area contributed by atoms with Crippen molar-refractivity contribution < 1.29 is 22.4 Å². The molecular weight excluding hydrogens is 472 g/mol. The second-order valence-electron chi connectivity index (χ2n) is 6.80. The van der Waals surface area contributed by atoms with Gasteiger partial charge in [0.05, 0.1) is 18.6 Å². The van der Waals surface area contributed by atoms with E-state index in [4.69, 9.17) is 9.15 Å². The van der Waals surface area contributed by atoms with E-state index in [0.29, 0.717) is 28.7 Å². The fourth-order valence-electron chi connectivity index (χ4n) is 2.82. The number of carbonyl (C=O) groups is 1. The molecule has 0 atom stereocenters. The zero-order chi connectivity index (χ0) is 21.9. The lowest BCUT2D eigenvalue weighted by Crippen LogP contribution is -2.24. The van der Waals surface area contributed by atoms with Gasteiger partial charge in [-0.3, -0.25) is 4.79 Å². The lowest BCUT2D eigenvalue weighted by Gasteiger charge is -2.07. The monoisotopic (exact) mass is 492 g/mol. The minimum atomic E-state index is -3.74. The first-order chi connectivity index (χ1) is 14.2. The van der Waals surface area contributed by atoms with Crippen LogP contribution in [0.15, 0.2) is 51.4 Å². The molecule has 9 heteroatoms. The molecule has 1 aromatic heterocycles. The average Bonchev–Trinajstić information content (AvgIpc) is 3.04. The number of aromatic nitrogens is 1. The Hall–Kier alpha value is -2.65. The quantitative estimate of drug-likeness (QED) is 0.528. The molecule has 0 fully saturated rings. The van der Waals surface area contributed by atoms with E-state index in [0.717, 1.165) is 10.0 Å². The Balaban J connectivity index is 1.71. The molecule has 3 aromatic rings. The van der Waals surface area contributed by atoms with E-state index in [-0.39, 0.29) is 11.4 Å². The molecule has 30 heavy (non-hydrogen) atoms. The molecule has 0 saturated heterocycles. The Kier molecular flexibility index (Phi) is 6.62. The van der Waals surface area contributed by atoms with Gasteiger partial charge in [0, 0.05) is 15.7 Å². The predicted molar refractivity (Wildman–Crippen MR) is 118 cm³/mol. The fourth-order valence-corrected chi connectivity index (χ4v) is 4.32. The number of halogens is 1.